The molecule has 31 heavy (non-hydrogen) atoms. The van der Waals surface area contributed by atoms with E-state index in [1.54, 1.807) is 4.90 Å². The molecular weight excluding hydrogens is 414 g/mol. The van der Waals surface area contributed by atoms with Crippen LogP contribution in [-0.2, 0) is 30.9 Å². The Morgan fingerprint density at radius 2 is 1.71 bits per heavy atom. The molecule has 0 aliphatic carbocycles. The first-order chi connectivity index (χ1) is 14.2. The molecule has 0 N–H and O–H groups in total. The van der Waals surface area contributed by atoms with Crippen LogP contribution in [0.15, 0.2) is 36.4 Å². The van der Waals surface area contributed by atoms with Crippen LogP contribution in [0.25, 0.3) is 0 Å². The van der Waals surface area contributed by atoms with Gasteiger partial charge < -0.3 is 4.74 Å². The van der Waals surface area contributed by atoms with E-state index in [1.807, 2.05) is 58.0 Å². The second-order valence-electron chi connectivity index (χ2n) is 9.59. The van der Waals surface area contributed by atoms with Gasteiger partial charge in [-0.05, 0) is 62.9 Å². The molecule has 1 aliphatic rings. The van der Waals surface area contributed by atoms with Crippen molar-refractivity contribution in [1.29, 1.82) is 0 Å². The van der Waals surface area contributed by atoms with E-state index in [4.69, 9.17) is 8.92 Å². The molecule has 1 heterocycles. The number of nitrogens with zero attached hydrogens (tertiary/aromatic N) is 1. The number of aryl methyl sites for hydroxylation is 1. The van der Waals surface area contributed by atoms with Crippen molar-refractivity contribution in [2.75, 3.05) is 17.8 Å². The molecule has 2 aromatic rings. The zero-order valence-electron chi connectivity index (χ0n) is 19.3. The van der Waals surface area contributed by atoms with Gasteiger partial charge in [0.15, 0.2) is 0 Å². The molecule has 3 rings (SSSR count). The fourth-order valence-corrected chi connectivity index (χ4v) is 4.27. The van der Waals surface area contributed by atoms with Gasteiger partial charge in [-0.1, -0.05) is 43.7 Å². The number of rotatable bonds is 4. The van der Waals surface area contributed by atoms with E-state index in [9.17, 15) is 13.2 Å². The minimum absolute atomic E-state index is 0.0449. The fraction of sp³-hybridized carbons (Fsp3) is 0.458. The maximum absolute atomic E-state index is 13.3. The molecule has 0 atom stereocenters. The zero-order valence-corrected chi connectivity index (χ0v) is 20.1. The van der Waals surface area contributed by atoms with Crippen LogP contribution in [0.3, 0.4) is 0 Å². The predicted molar refractivity (Wildman–Crippen MR) is 123 cm³/mol. The topological polar surface area (TPSA) is 72.9 Å². The van der Waals surface area contributed by atoms with Crippen molar-refractivity contribution in [3.8, 4) is 0 Å². The Morgan fingerprint density at radius 3 is 2.32 bits per heavy atom. The molecule has 0 bridgehead atoms. The summed E-state index contributed by atoms with van der Waals surface area (Å²) in [5, 5.41) is 0. The summed E-state index contributed by atoms with van der Waals surface area (Å²) >= 11 is 0. The van der Waals surface area contributed by atoms with Crippen LogP contribution in [0.2, 0.25) is 0 Å². The zero-order chi connectivity index (χ0) is 23.2. The largest absolute Gasteiger partial charge is 0.443 e. The summed E-state index contributed by atoms with van der Waals surface area (Å²) in [6.45, 7) is 11.9. The smallest absolute Gasteiger partial charge is 0.419 e. The van der Waals surface area contributed by atoms with Crippen LogP contribution in [0.1, 0.15) is 56.9 Å². The molecule has 1 aliphatic heterocycles. The summed E-state index contributed by atoms with van der Waals surface area (Å²) in [6.07, 6.45) is 0.994. The summed E-state index contributed by atoms with van der Waals surface area (Å²) < 4.78 is 33.2. The molecule has 0 spiro atoms. The second kappa shape index (κ2) is 7.95. The van der Waals surface area contributed by atoms with Gasteiger partial charge in [-0.15, -0.1) is 0 Å². The Morgan fingerprint density at radius 1 is 1.03 bits per heavy atom. The van der Waals surface area contributed by atoms with Crippen LogP contribution in [-0.4, -0.2) is 33.0 Å². The summed E-state index contributed by atoms with van der Waals surface area (Å²) in [4.78, 5) is 14.9. The van der Waals surface area contributed by atoms with E-state index >= 15 is 0 Å². The SMILES string of the molecule is Cc1ccc2c(c1)C(C)(C)c1ccc(CCOS(C)(=O)=O)cc1N2C(=O)OC(C)(C)C. The normalized spacial score (nSPS) is 15.3. The third kappa shape index (κ3) is 5.10. The van der Waals surface area contributed by atoms with Crippen LogP contribution in [0.5, 0.6) is 0 Å². The van der Waals surface area contributed by atoms with Gasteiger partial charge in [0.25, 0.3) is 10.1 Å². The quantitative estimate of drug-likeness (QED) is 0.603. The minimum Gasteiger partial charge on any atom is -0.443 e. The van der Waals surface area contributed by atoms with Crippen LogP contribution < -0.4 is 4.90 Å². The lowest BCUT2D eigenvalue weighted by molar-refractivity contribution is 0.0597. The monoisotopic (exact) mass is 445 g/mol. The van der Waals surface area contributed by atoms with Crippen molar-refractivity contribution in [3.63, 3.8) is 0 Å². The summed E-state index contributed by atoms with van der Waals surface area (Å²) in [5.74, 6) is 0. The number of ether oxygens (including phenoxy) is 1. The Balaban J connectivity index is 2.10. The van der Waals surface area contributed by atoms with Gasteiger partial charge in [-0.2, -0.15) is 8.42 Å². The summed E-state index contributed by atoms with van der Waals surface area (Å²) in [6, 6.07) is 12.0. The van der Waals surface area contributed by atoms with E-state index < -0.39 is 21.8 Å². The first kappa shape index (κ1) is 23.3. The molecule has 168 valence electrons. The molecule has 0 aromatic heterocycles. The Hall–Kier alpha value is -2.38. The highest BCUT2D eigenvalue weighted by Crippen LogP contribution is 2.49. The maximum Gasteiger partial charge on any atom is 0.419 e. The van der Waals surface area contributed by atoms with Gasteiger partial charge in [0.2, 0.25) is 0 Å². The van der Waals surface area contributed by atoms with E-state index in [1.165, 1.54) is 0 Å². The van der Waals surface area contributed by atoms with Crippen molar-refractivity contribution >= 4 is 27.6 Å². The summed E-state index contributed by atoms with van der Waals surface area (Å²) in [7, 11) is -3.50. The van der Waals surface area contributed by atoms with E-state index in [0.29, 0.717) is 6.42 Å². The van der Waals surface area contributed by atoms with E-state index in [0.717, 1.165) is 39.9 Å². The maximum atomic E-state index is 13.3. The number of amides is 1. The molecule has 0 saturated carbocycles. The molecule has 1 amide bonds. The lowest BCUT2D eigenvalue weighted by Crippen LogP contribution is -2.39. The van der Waals surface area contributed by atoms with Crippen LogP contribution >= 0.6 is 0 Å². The van der Waals surface area contributed by atoms with E-state index in [2.05, 4.69) is 19.9 Å². The first-order valence-electron chi connectivity index (χ1n) is 10.3. The molecule has 0 radical (unpaired) electrons. The average Bonchev–Trinajstić information content (AvgIpc) is 2.60. The standard InChI is InChI=1S/C24H31NO5S/c1-16-8-11-20-19(14-16)24(5,6)18-10-9-17(12-13-29-31(7,27)28)15-21(18)25(20)22(26)30-23(2,3)4/h8-11,14-15H,12-13H2,1-7H3. The minimum atomic E-state index is -3.50. The third-order valence-electron chi connectivity index (χ3n) is 5.31. The second-order valence-corrected chi connectivity index (χ2v) is 11.2. The first-order valence-corrected chi connectivity index (χ1v) is 12.1. The number of benzene rings is 2. The van der Waals surface area contributed by atoms with Gasteiger partial charge in [0.1, 0.15) is 5.60 Å². The number of carbonyl (C=O) groups is 1. The molecular formula is C24H31NO5S. The van der Waals surface area contributed by atoms with Gasteiger partial charge in [0, 0.05) is 5.41 Å². The highest BCUT2D eigenvalue weighted by molar-refractivity contribution is 7.85. The lowest BCUT2D eigenvalue weighted by atomic mass is 9.73. The Labute approximate surface area is 185 Å². The Bertz CT molecular complexity index is 1110. The lowest BCUT2D eigenvalue weighted by Gasteiger charge is -2.41. The van der Waals surface area contributed by atoms with Gasteiger partial charge in [-0.25, -0.2) is 9.69 Å². The van der Waals surface area contributed by atoms with Gasteiger partial charge >= 0.3 is 6.09 Å². The molecule has 2 aromatic carbocycles. The van der Waals surface area contributed by atoms with Crippen molar-refractivity contribution in [2.24, 2.45) is 0 Å². The third-order valence-corrected chi connectivity index (χ3v) is 5.90. The number of fused-ring (bicyclic) bond motifs is 2. The Kier molecular flexibility index (Phi) is 5.97. The fourth-order valence-electron chi connectivity index (χ4n) is 3.88. The van der Waals surface area contributed by atoms with Gasteiger partial charge in [0.05, 0.1) is 24.2 Å². The molecule has 6 nitrogen and oxygen atoms in total. The van der Waals surface area contributed by atoms with Crippen molar-refractivity contribution in [2.45, 2.75) is 59.0 Å². The van der Waals surface area contributed by atoms with Crippen LogP contribution in [0, 0.1) is 6.92 Å². The van der Waals surface area contributed by atoms with Gasteiger partial charge in [-0.3, -0.25) is 4.18 Å². The molecule has 0 saturated heterocycles. The molecule has 7 heteroatoms. The number of anilines is 2. The number of hydrogen-bond donors (Lipinski definition) is 0. The highest BCUT2D eigenvalue weighted by Gasteiger charge is 2.40. The number of hydrogen-bond acceptors (Lipinski definition) is 5. The van der Waals surface area contributed by atoms with Crippen molar-refractivity contribution < 1.29 is 22.1 Å². The average molecular weight is 446 g/mol. The van der Waals surface area contributed by atoms with E-state index in [-0.39, 0.29) is 12.0 Å². The predicted octanol–water partition coefficient (Wildman–Crippen LogP) is 5.23. The van der Waals surface area contributed by atoms with Crippen molar-refractivity contribution in [3.05, 3.63) is 58.7 Å². The summed E-state index contributed by atoms with van der Waals surface area (Å²) in [5.41, 5.74) is 4.63. The number of carbonyl (C=O) groups excluding carboxylic acids is 1. The molecule has 0 fully saturated rings. The van der Waals surface area contributed by atoms with Crippen molar-refractivity contribution in [1.82, 2.24) is 0 Å². The van der Waals surface area contributed by atoms with Crippen LogP contribution in [0.4, 0.5) is 16.2 Å². The molecule has 0 unspecified atom stereocenters. The highest BCUT2D eigenvalue weighted by atomic mass is 32.2.